The summed E-state index contributed by atoms with van der Waals surface area (Å²) in [6, 6.07) is 5.91. The van der Waals surface area contributed by atoms with Gasteiger partial charge in [0.2, 0.25) is 5.91 Å². The molecule has 2 fully saturated rings. The van der Waals surface area contributed by atoms with Crippen LogP contribution < -0.4 is 5.73 Å². The molecule has 0 aromatic heterocycles. The molecule has 2 atom stereocenters. The van der Waals surface area contributed by atoms with Gasteiger partial charge in [0.05, 0.1) is 21.7 Å². The first kappa shape index (κ1) is 19.3. The maximum Gasteiger partial charge on any atom is 0.220 e. The number of sulfone groups is 2. The Hall–Kier alpha value is -1.45. The van der Waals surface area contributed by atoms with Crippen molar-refractivity contribution in [1.82, 2.24) is 4.90 Å². The lowest BCUT2D eigenvalue weighted by molar-refractivity contribution is -0.123. The Balaban J connectivity index is 1.87. The van der Waals surface area contributed by atoms with E-state index in [9.17, 15) is 21.6 Å². The number of primary amides is 1. The lowest BCUT2D eigenvalue weighted by Crippen LogP contribution is -2.50. The third-order valence-corrected chi connectivity index (χ3v) is 9.56. The van der Waals surface area contributed by atoms with E-state index in [4.69, 9.17) is 5.73 Å². The molecule has 2 aliphatic heterocycles. The molecule has 9 heteroatoms. The second kappa shape index (κ2) is 6.94. The Morgan fingerprint density at radius 1 is 1.12 bits per heavy atom. The van der Waals surface area contributed by atoms with Crippen molar-refractivity contribution >= 4 is 25.6 Å². The van der Waals surface area contributed by atoms with Crippen molar-refractivity contribution in [3.8, 4) is 0 Å². The van der Waals surface area contributed by atoms with Gasteiger partial charge in [-0.05, 0) is 45.0 Å². The maximum atomic E-state index is 13.1. The van der Waals surface area contributed by atoms with Crippen LogP contribution in [0, 0.1) is 12.8 Å². The van der Waals surface area contributed by atoms with E-state index < -0.39 is 31.0 Å². The average Bonchev–Trinajstić information content (AvgIpc) is 2.92. The Morgan fingerprint density at radius 3 is 2.23 bits per heavy atom. The molecule has 7 nitrogen and oxygen atoms in total. The summed E-state index contributed by atoms with van der Waals surface area (Å²) < 4.78 is 50.7. The number of amides is 1. The molecular weight excluding hydrogens is 376 g/mol. The third kappa shape index (κ3) is 3.79. The highest BCUT2D eigenvalue weighted by Crippen LogP contribution is 2.31. The van der Waals surface area contributed by atoms with Crippen molar-refractivity contribution in [3.63, 3.8) is 0 Å². The monoisotopic (exact) mass is 400 g/mol. The van der Waals surface area contributed by atoms with Crippen LogP contribution in [0.25, 0.3) is 0 Å². The second-order valence-corrected chi connectivity index (χ2v) is 11.6. The van der Waals surface area contributed by atoms with Gasteiger partial charge in [-0.25, -0.2) is 16.8 Å². The molecule has 0 spiro atoms. The molecular formula is C17H24N2O5S2. The molecule has 1 aromatic rings. The highest BCUT2D eigenvalue weighted by molar-refractivity contribution is 7.96. The van der Waals surface area contributed by atoms with E-state index in [2.05, 4.69) is 0 Å². The maximum absolute atomic E-state index is 13.1. The van der Waals surface area contributed by atoms with Gasteiger partial charge < -0.3 is 5.73 Å². The van der Waals surface area contributed by atoms with Crippen LogP contribution in [-0.2, 0) is 24.5 Å². The fourth-order valence-corrected chi connectivity index (χ4v) is 8.68. The fraction of sp³-hybridized carbons (Fsp3) is 0.588. The Labute approximate surface area is 154 Å². The topological polar surface area (TPSA) is 115 Å². The standard InChI is InChI=1S/C17H24N2O5S2/c1-12-2-4-14(5-3-12)26(23,24)16-11-25(21,22)10-15(16)19-8-6-13(7-9-19)17(18)20/h2-5,13,15-16H,6-11H2,1H3,(H2,18,20)/t15-,16-/m0/s1. The number of benzene rings is 1. The first-order chi connectivity index (χ1) is 12.1. The van der Waals surface area contributed by atoms with E-state index in [1.54, 1.807) is 12.1 Å². The van der Waals surface area contributed by atoms with E-state index in [0.717, 1.165) is 5.56 Å². The zero-order chi connectivity index (χ0) is 19.1. The predicted octanol–water partition coefficient (Wildman–Crippen LogP) is 0.132. The quantitative estimate of drug-likeness (QED) is 0.768. The van der Waals surface area contributed by atoms with Crippen LogP contribution in [0.2, 0.25) is 0 Å². The number of carbonyl (C=O) groups is 1. The summed E-state index contributed by atoms with van der Waals surface area (Å²) in [6.45, 7) is 2.82. The van der Waals surface area contributed by atoms with Gasteiger partial charge >= 0.3 is 0 Å². The molecule has 0 aliphatic carbocycles. The molecule has 1 aromatic carbocycles. The third-order valence-electron chi connectivity index (χ3n) is 5.42. The van der Waals surface area contributed by atoms with Crippen molar-refractivity contribution in [2.24, 2.45) is 11.7 Å². The Kier molecular flexibility index (Phi) is 5.15. The van der Waals surface area contributed by atoms with Crippen LogP contribution in [0.5, 0.6) is 0 Å². The van der Waals surface area contributed by atoms with Crippen molar-refractivity contribution in [3.05, 3.63) is 29.8 Å². The minimum absolute atomic E-state index is 0.155. The summed E-state index contributed by atoms with van der Waals surface area (Å²) in [6.07, 6.45) is 1.06. The smallest absolute Gasteiger partial charge is 0.220 e. The number of piperidine rings is 1. The number of carbonyl (C=O) groups excluding carboxylic acids is 1. The molecule has 0 bridgehead atoms. The first-order valence-electron chi connectivity index (χ1n) is 8.64. The van der Waals surface area contributed by atoms with Crippen LogP contribution in [0.1, 0.15) is 18.4 Å². The Morgan fingerprint density at radius 2 is 1.69 bits per heavy atom. The van der Waals surface area contributed by atoms with E-state index >= 15 is 0 Å². The minimum Gasteiger partial charge on any atom is -0.369 e. The molecule has 2 saturated heterocycles. The highest BCUT2D eigenvalue weighted by Gasteiger charge is 2.48. The SMILES string of the molecule is Cc1ccc(S(=O)(=O)[C@H]2CS(=O)(=O)C[C@@H]2N2CCC(C(N)=O)CC2)cc1. The fourth-order valence-electron chi connectivity index (χ4n) is 3.85. The zero-order valence-electron chi connectivity index (χ0n) is 14.7. The van der Waals surface area contributed by atoms with E-state index in [-0.39, 0.29) is 28.2 Å². The van der Waals surface area contributed by atoms with Crippen LogP contribution in [-0.4, -0.2) is 63.5 Å². The molecule has 2 heterocycles. The lowest BCUT2D eigenvalue weighted by atomic mass is 9.95. The number of nitrogens with two attached hydrogens (primary N) is 1. The Bertz CT molecular complexity index is 886. The van der Waals surface area contributed by atoms with Crippen LogP contribution in [0.15, 0.2) is 29.2 Å². The lowest BCUT2D eigenvalue weighted by Gasteiger charge is -2.36. The summed E-state index contributed by atoms with van der Waals surface area (Å²) in [5.41, 5.74) is 6.28. The van der Waals surface area contributed by atoms with Gasteiger partial charge in [-0.3, -0.25) is 9.69 Å². The van der Waals surface area contributed by atoms with Crippen molar-refractivity contribution in [2.45, 2.75) is 36.0 Å². The van der Waals surface area contributed by atoms with Crippen LogP contribution in [0.4, 0.5) is 0 Å². The molecule has 26 heavy (non-hydrogen) atoms. The summed E-state index contributed by atoms with van der Waals surface area (Å²) in [4.78, 5) is 13.4. The molecule has 2 N–H and O–H groups in total. The first-order valence-corrected chi connectivity index (χ1v) is 12.0. The van der Waals surface area contributed by atoms with Gasteiger partial charge in [0, 0.05) is 12.0 Å². The average molecular weight is 401 g/mol. The van der Waals surface area contributed by atoms with Gasteiger partial charge in [0.15, 0.2) is 19.7 Å². The minimum atomic E-state index is -3.77. The van der Waals surface area contributed by atoms with Crippen molar-refractivity contribution < 1.29 is 21.6 Å². The van der Waals surface area contributed by atoms with Crippen LogP contribution in [0.3, 0.4) is 0 Å². The number of likely N-dealkylation sites (tertiary alicyclic amines) is 1. The molecule has 3 rings (SSSR count). The molecule has 0 saturated carbocycles. The van der Waals surface area contributed by atoms with E-state index in [0.29, 0.717) is 25.9 Å². The highest BCUT2D eigenvalue weighted by atomic mass is 32.2. The van der Waals surface area contributed by atoms with Crippen LogP contribution >= 0.6 is 0 Å². The van der Waals surface area contributed by atoms with Gasteiger partial charge in [-0.2, -0.15) is 0 Å². The largest absolute Gasteiger partial charge is 0.369 e. The van der Waals surface area contributed by atoms with Gasteiger partial charge in [0.1, 0.15) is 0 Å². The number of rotatable bonds is 4. The van der Waals surface area contributed by atoms with E-state index in [1.807, 2.05) is 11.8 Å². The van der Waals surface area contributed by atoms with Gasteiger partial charge in [-0.15, -0.1) is 0 Å². The summed E-state index contributed by atoms with van der Waals surface area (Å²) in [5, 5.41) is -0.986. The summed E-state index contributed by atoms with van der Waals surface area (Å²) in [7, 11) is -7.20. The number of hydrogen-bond donors (Lipinski definition) is 1. The van der Waals surface area contributed by atoms with Gasteiger partial charge in [0.25, 0.3) is 0 Å². The molecule has 2 aliphatic rings. The van der Waals surface area contributed by atoms with Gasteiger partial charge in [-0.1, -0.05) is 17.7 Å². The molecule has 1 amide bonds. The molecule has 0 radical (unpaired) electrons. The molecule has 144 valence electrons. The summed E-state index contributed by atoms with van der Waals surface area (Å²) in [5.74, 6) is -1.10. The second-order valence-electron chi connectivity index (χ2n) is 7.25. The number of hydrogen-bond acceptors (Lipinski definition) is 6. The number of nitrogens with zero attached hydrogens (tertiary/aromatic N) is 1. The normalized spacial score (nSPS) is 27.4. The van der Waals surface area contributed by atoms with E-state index in [1.165, 1.54) is 12.1 Å². The van der Waals surface area contributed by atoms with Crippen molar-refractivity contribution in [2.75, 3.05) is 24.6 Å². The predicted molar refractivity (Wildman–Crippen MR) is 98.1 cm³/mol. The summed E-state index contributed by atoms with van der Waals surface area (Å²) >= 11 is 0. The van der Waals surface area contributed by atoms with Crippen molar-refractivity contribution in [1.29, 1.82) is 0 Å². The zero-order valence-corrected chi connectivity index (χ0v) is 16.3. The molecule has 0 unspecified atom stereocenters. The number of aryl methyl sites for hydroxylation is 1.